The summed E-state index contributed by atoms with van der Waals surface area (Å²) in [6.45, 7) is 7.42. The van der Waals surface area contributed by atoms with Gasteiger partial charge in [0, 0.05) is 25.7 Å². The lowest BCUT2D eigenvalue weighted by Gasteiger charge is -2.17. The van der Waals surface area contributed by atoms with Gasteiger partial charge in [-0.05, 0) is 33.2 Å². The second-order valence-corrected chi connectivity index (χ2v) is 3.97. The number of hydrogen-bond donors (Lipinski definition) is 2. The van der Waals surface area contributed by atoms with Crippen molar-refractivity contribution in [3.8, 4) is 0 Å². The molecule has 0 spiro atoms. The predicted molar refractivity (Wildman–Crippen MR) is 54.9 cm³/mol. The van der Waals surface area contributed by atoms with Crippen molar-refractivity contribution in [1.29, 1.82) is 0 Å². The summed E-state index contributed by atoms with van der Waals surface area (Å²) in [7, 11) is 1.99. The van der Waals surface area contributed by atoms with E-state index in [4.69, 9.17) is 4.74 Å². The van der Waals surface area contributed by atoms with Crippen molar-refractivity contribution in [3.63, 3.8) is 0 Å². The van der Waals surface area contributed by atoms with Gasteiger partial charge < -0.3 is 15.4 Å². The van der Waals surface area contributed by atoms with Crippen LogP contribution in [0.4, 0.5) is 0 Å². The molecule has 2 N–H and O–H groups in total. The van der Waals surface area contributed by atoms with E-state index in [9.17, 15) is 0 Å². The number of likely N-dealkylation sites (N-methyl/N-ethyl adjacent to an activating group) is 1. The van der Waals surface area contributed by atoms with Gasteiger partial charge in [0.25, 0.3) is 0 Å². The maximum atomic E-state index is 5.49. The van der Waals surface area contributed by atoms with Crippen molar-refractivity contribution in [1.82, 2.24) is 10.6 Å². The molecule has 0 aromatic carbocycles. The molecule has 3 nitrogen and oxygen atoms in total. The first-order valence-electron chi connectivity index (χ1n) is 5.23. The van der Waals surface area contributed by atoms with Crippen LogP contribution in [0.2, 0.25) is 0 Å². The number of nitrogens with one attached hydrogen (secondary N) is 2. The Balaban J connectivity index is 2.05. The minimum atomic E-state index is 0.442. The molecule has 1 heterocycles. The molecule has 0 aromatic heterocycles. The van der Waals surface area contributed by atoms with E-state index in [0.29, 0.717) is 18.1 Å². The average Bonchev–Trinajstić information content (AvgIpc) is 2.52. The van der Waals surface area contributed by atoms with E-state index in [1.54, 1.807) is 0 Å². The molecule has 1 fully saturated rings. The van der Waals surface area contributed by atoms with Crippen LogP contribution in [-0.2, 0) is 4.74 Å². The van der Waals surface area contributed by atoms with Crippen molar-refractivity contribution in [2.75, 3.05) is 26.7 Å². The molecule has 3 unspecified atom stereocenters. The largest absolute Gasteiger partial charge is 0.378 e. The fraction of sp³-hybridized carbons (Fsp3) is 1.00. The highest BCUT2D eigenvalue weighted by molar-refractivity contribution is 4.75. The fourth-order valence-corrected chi connectivity index (χ4v) is 1.63. The second-order valence-electron chi connectivity index (χ2n) is 3.97. The van der Waals surface area contributed by atoms with Gasteiger partial charge in [-0.3, -0.25) is 0 Å². The van der Waals surface area contributed by atoms with Gasteiger partial charge in [-0.25, -0.2) is 0 Å². The molecule has 13 heavy (non-hydrogen) atoms. The summed E-state index contributed by atoms with van der Waals surface area (Å²) in [6.07, 6.45) is 1.65. The zero-order chi connectivity index (χ0) is 9.68. The molecule has 3 heteroatoms. The lowest BCUT2D eigenvalue weighted by Crippen LogP contribution is -2.37. The molecular weight excluding hydrogens is 164 g/mol. The van der Waals surface area contributed by atoms with Crippen LogP contribution in [0, 0.1) is 5.92 Å². The quantitative estimate of drug-likeness (QED) is 0.660. The summed E-state index contributed by atoms with van der Waals surface area (Å²) in [5.74, 6) is 0.712. The molecule has 0 bridgehead atoms. The van der Waals surface area contributed by atoms with Gasteiger partial charge in [-0.15, -0.1) is 0 Å². The Morgan fingerprint density at radius 2 is 2.31 bits per heavy atom. The van der Waals surface area contributed by atoms with E-state index in [0.717, 1.165) is 19.7 Å². The Hall–Kier alpha value is -0.120. The van der Waals surface area contributed by atoms with Gasteiger partial charge >= 0.3 is 0 Å². The first-order chi connectivity index (χ1) is 6.24. The minimum absolute atomic E-state index is 0.442. The third-order valence-electron chi connectivity index (χ3n) is 2.88. The SMILES string of the molecule is CNC(C)CNCC1CCOC1C. The molecule has 1 aliphatic rings. The second kappa shape index (κ2) is 5.58. The molecular formula is C10H22N2O. The molecule has 0 amide bonds. The van der Waals surface area contributed by atoms with E-state index >= 15 is 0 Å². The molecule has 1 rings (SSSR count). The van der Waals surface area contributed by atoms with Gasteiger partial charge in [0.05, 0.1) is 6.10 Å². The first-order valence-corrected chi connectivity index (χ1v) is 5.23. The first kappa shape index (κ1) is 11.0. The van der Waals surface area contributed by atoms with E-state index in [-0.39, 0.29) is 0 Å². The lowest BCUT2D eigenvalue weighted by molar-refractivity contribution is 0.105. The third kappa shape index (κ3) is 3.63. The molecule has 78 valence electrons. The number of rotatable bonds is 5. The zero-order valence-electron chi connectivity index (χ0n) is 8.97. The molecule has 1 aliphatic heterocycles. The summed E-state index contributed by atoms with van der Waals surface area (Å²) in [5, 5.41) is 6.67. The number of hydrogen-bond acceptors (Lipinski definition) is 3. The Labute approximate surface area is 81.2 Å². The average molecular weight is 186 g/mol. The molecule has 0 aliphatic carbocycles. The van der Waals surface area contributed by atoms with Crippen LogP contribution in [0.3, 0.4) is 0 Å². The van der Waals surface area contributed by atoms with Crippen LogP contribution in [0.25, 0.3) is 0 Å². The van der Waals surface area contributed by atoms with Crippen LogP contribution >= 0.6 is 0 Å². The van der Waals surface area contributed by atoms with E-state index < -0.39 is 0 Å². The Bertz CT molecular complexity index is 141. The molecule has 3 atom stereocenters. The van der Waals surface area contributed by atoms with E-state index in [2.05, 4.69) is 24.5 Å². The minimum Gasteiger partial charge on any atom is -0.378 e. The maximum Gasteiger partial charge on any atom is 0.0588 e. The smallest absolute Gasteiger partial charge is 0.0588 e. The highest BCUT2D eigenvalue weighted by Gasteiger charge is 2.23. The van der Waals surface area contributed by atoms with Crippen molar-refractivity contribution in [2.45, 2.75) is 32.4 Å². The number of ether oxygens (including phenoxy) is 1. The lowest BCUT2D eigenvalue weighted by atomic mass is 10.0. The van der Waals surface area contributed by atoms with Crippen LogP contribution in [0.1, 0.15) is 20.3 Å². The van der Waals surface area contributed by atoms with Crippen molar-refractivity contribution in [3.05, 3.63) is 0 Å². The van der Waals surface area contributed by atoms with Crippen LogP contribution in [0.15, 0.2) is 0 Å². The zero-order valence-corrected chi connectivity index (χ0v) is 8.97. The Morgan fingerprint density at radius 3 is 2.85 bits per heavy atom. The van der Waals surface area contributed by atoms with Crippen molar-refractivity contribution in [2.24, 2.45) is 5.92 Å². The predicted octanol–water partition coefficient (Wildman–Crippen LogP) is 0.609. The highest BCUT2D eigenvalue weighted by atomic mass is 16.5. The normalized spacial score (nSPS) is 30.7. The monoisotopic (exact) mass is 186 g/mol. The van der Waals surface area contributed by atoms with Crippen LogP contribution < -0.4 is 10.6 Å². The van der Waals surface area contributed by atoms with Gasteiger partial charge in [-0.1, -0.05) is 0 Å². The van der Waals surface area contributed by atoms with E-state index in [1.807, 2.05) is 7.05 Å². The summed E-state index contributed by atoms with van der Waals surface area (Å²) < 4.78 is 5.49. The standard InChI is InChI=1S/C10H22N2O/c1-8(11-3)6-12-7-10-4-5-13-9(10)2/h8-12H,4-7H2,1-3H3. The highest BCUT2D eigenvalue weighted by Crippen LogP contribution is 2.18. The third-order valence-corrected chi connectivity index (χ3v) is 2.88. The Morgan fingerprint density at radius 1 is 1.54 bits per heavy atom. The summed E-state index contributed by atoms with van der Waals surface area (Å²) in [6, 6.07) is 0.553. The Kier molecular flexibility index (Phi) is 4.70. The van der Waals surface area contributed by atoms with Gasteiger partial charge in [0.1, 0.15) is 0 Å². The fourth-order valence-electron chi connectivity index (χ4n) is 1.63. The summed E-state index contributed by atoms with van der Waals surface area (Å²) >= 11 is 0. The molecule has 1 saturated heterocycles. The van der Waals surface area contributed by atoms with Crippen molar-refractivity contribution < 1.29 is 4.74 Å². The maximum absolute atomic E-state index is 5.49. The van der Waals surface area contributed by atoms with Gasteiger partial charge in [-0.2, -0.15) is 0 Å². The van der Waals surface area contributed by atoms with Crippen LogP contribution in [0.5, 0.6) is 0 Å². The van der Waals surface area contributed by atoms with Gasteiger partial charge in [0.15, 0.2) is 0 Å². The van der Waals surface area contributed by atoms with Gasteiger partial charge in [0.2, 0.25) is 0 Å². The van der Waals surface area contributed by atoms with Crippen molar-refractivity contribution >= 4 is 0 Å². The topological polar surface area (TPSA) is 33.3 Å². The summed E-state index contributed by atoms with van der Waals surface area (Å²) in [5.41, 5.74) is 0. The van der Waals surface area contributed by atoms with Crippen LogP contribution in [-0.4, -0.2) is 38.9 Å². The summed E-state index contributed by atoms with van der Waals surface area (Å²) in [4.78, 5) is 0. The molecule has 0 aromatic rings. The van der Waals surface area contributed by atoms with E-state index in [1.165, 1.54) is 6.42 Å². The molecule has 0 radical (unpaired) electrons. The molecule has 0 saturated carbocycles.